The Balaban J connectivity index is 1.56. The molecule has 12 nitrogen and oxygen atoms in total. The second-order valence-electron chi connectivity index (χ2n) is 11.5. The van der Waals surface area contributed by atoms with Crippen molar-refractivity contribution in [2.24, 2.45) is 5.92 Å². The van der Waals surface area contributed by atoms with Gasteiger partial charge in [-0.05, 0) is 44.9 Å². The maximum Gasteiger partial charge on any atom is 0.187 e. The van der Waals surface area contributed by atoms with Crippen LogP contribution in [0.1, 0.15) is 72.1 Å². The maximum absolute atomic E-state index is 12.6. The van der Waals surface area contributed by atoms with Gasteiger partial charge < -0.3 is 54.0 Å². The van der Waals surface area contributed by atoms with Gasteiger partial charge in [0, 0.05) is 13.0 Å². The third-order valence-electron chi connectivity index (χ3n) is 8.83. The normalized spacial score (nSPS) is 47.0. The van der Waals surface area contributed by atoms with E-state index in [4.69, 9.17) is 28.4 Å². The van der Waals surface area contributed by atoms with Gasteiger partial charge in [-0.3, -0.25) is 4.79 Å². The summed E-state index contributed by atoms with van der Waals surface area (Å²) in [5.74, 6) is -0.00631. The minimum Gasteiger partial charge on any atom is -0.394 e. The summed E-state index contributed by atoms with van der Waals surface area (Å²) in [6, 6.07) is 0. The maximum atomic E-state index is 12.6. The van der Waals surface area contributed by atoms with Crippen molar-refractivity contribution < 1.29 is 58.7 Å². The summed E-state index contributed by atoms with van der Waals surface area (Å²) in [5.41, 5.74) is 0. The highest BCUT2D eigenvalue weighted by molar-refractivity contribution is 5.82. The molecule has 40 heavy (non-hydrogen) atoms. The number of rotatable bonds is 8. The predicted molar refractivity (Wildman–Crippen MR) is 139 cm³/mol. The van der Waals surface area contributed by atoms with Crippen LogP contribution in [0, 0.1) is 5.92 Å². The molecule has 0 aromatic carbocycles. The molecule has 3 heterocycles. The third kappa shape index (κ3) is 7.05. The van der Waals surface area contributed by atoms with Crippen LogP contribution in [-0.2, 0) is 33.2 Å². The average Bonchev–Trinajstić information content (AvgIpc) is 3.07. The SMILES string of the molecule is CCC(=O)[C@H]1CCCCOC2C(O1)[C@@H](O)C(CO)O[C@H]2O[C@@H]1CCCC(CC)C1O[C@@H]1OC(C)[C@@H](O)C(O)[C@@H]1O. The van der Waals surface area contributed by atoms with Crippen molar-refractivity contribution in [1.29, 1.82) is 0 Å². The first-order valence-corrected chi connectivity index (χ1v) is 14.9. The van der Waals surface area contributed by atoms with E-state index in [1.165, 1.54) is 0 Å². The largest absolute Gasteiger partial charge is 0.394 e. The van der Waals surface area contributed by atoms with E-state index in [-0.39, 0.29) is 11.7 Å². The zero-order valence-electron chi connectivity index (χ0n) is 23.7. The lowest BCUT2D eigenvalue weighted by Crippen LogP contribution is -2.63. The standard InChI is InChI=1S/C28H48O12/c1-4-15-9-8-11-18(24(15)40-27-23(34)22(33)20(31)14(3)36-27)38-28-26-25(21(32)19(13-29)39-28)37-17(16(30)5-2)10-6-7-12-35-26/h14-15,17-29,31-34H,4-13H2,1-3H3/t14?,15?,17-,18-,19?,20-,21+,22?,23+,24?,25?,26?,27+,28-/m1/s1. The van der Waals surface area contributed by atoms with Gasteiger partial charge in [0.2, 0.25) is 0 Å². The van der Waals surface area contributed by atoms with Crippen LogP contribution in [0.5, 0.6) is 0 Å². The second kappa shape index (κ2) is 14.6. The van der Waals surface area contributed by atoms with Gasteiger partial charge in [0.05, 0.1) is 24.9 Å². The molecule has 4 rings (SSSR count). The van der Waals surface area contributed by atoms with Crippen LogP contribution in [0.3, 0.4) is 0 Å². The molecule has 0 amide bonds. The van der Waals surface area contributed by atoms with Crippen LogP contribution >= 0.6 is 0 Å². The Kier molecular flexibility index (Phi) is 11.7. The number of ketones is 1. The fraction of sp³-hybridized carbons (Fsp3) is 0.964. The van der Waals surface area contributed by atoms with Crippen LogP contribution < -0.4 is 0 Å². The highest BCUT2D eigenvalue weighted by Gasteiger charge is 2.51. The summed E-state index contributed by atoms with van der Waals surface area (Å²) in [7, 11) is 0. The summed E-state index contributed by atoms with van der Waals surface area (Å²) >= 11 is 0. The topological polar surface area (TPSA) is 174 Å². The molecule has 12 heteroatoms. The zero-order valence-corrected chi connectivity index (χ0v) is 23.7. The predicted octanol–water partition coefficient (Wildman–Crippen LogP) is 0.175. The van der Waals surface area contributed by atoms with Gasteiger partial charge in [-0.1, -0.05) is 26.7 Å². The number of fused-ring (bicyclic) bond motifs is 1. The molecule has 4 fully saturated rings. The molecule has 0 bridgehead atoms. The van der Waals surface area contributed by atoms with Crippen molar-refractivity contribution >= 4 is 5.78 Å². The highest BCUT2D eigenvalue weighted by atomic mass is 16.7. The fourth-order valence-electron chi connectivity index (χ4n) is 6.30. The molecular weight excluding hydrogens is 528 g/mol. The number of Topliss-reactive ketones (excluding diaryl/α,β-unsaturated/α-hetero) is 1. The van der Waals surface area contributed by atoms with E-state index < -0.39 is 86.3 Å². The summed E-state index contributed by atoms with van der Waals surface area (Å²) in [6.07, 6.45) is -7.57. The van der Waals surface area contributed by atoms with Crippen LogP contribution in [0.15, 0.2) is 0 Å². The van der Waals surface area contributed by atoms with Gasteiger partial charge in [-0.25, -0.2) is 0 Å². The number of aliphatic hydroxyl groups is 5. The molecule has 3 saturated heterocycles. The van der Waals surface area contributed by atoms with E-state index >= 15 is 0 Å². The molecule has 1 aliphatic carbocycles. The van der Waals surface area contributed by atoms with E-state index in [9.17, 15) is 30.3 Å². The quantitative estimate of drug-likeness (QED) is 0.266. The van der Waals surface area contributed by atoms with Crippen LogP contribution in [0.4, 0.5) is 0 Å². The van der Waals surface area contributed by atoms with Crippen LogP contribution in [0.25, 0.3) is 0 Å². The average molecular weight is 577 g/mol. The molecule has 5 N–H and O–H groups in total. The number of hydrogen-bond acceptors (Lipinski definition) is 12. The number of carbonyl (C=O) groups is 1. The Bertz CT molecular complexity index is 799. The van der Waals surface area contributed by atoms with Gasteiger partial charge in [-0.2, -0.15) is 0 Å². The minimum absolute atomic E-state index is 0.0525. The highest BCUT2D eigenvalue weighted by Crippen LogP contribution is 2.37. The van der Waals surface area contributed by atoms with Gasteiger partial charge in [0.15, 0.2) is 18.4 Å². The molecule has 7 unspecified atom stereocenters. The third-order valence-corrected chi connectivity index (χ3v) is 8.83. The van der Waals surface area contributed by atoms with Gasteiger partial charge in [0.25, 0.3) is 0 Å². The molecule has 0 aromatic rings. The first kappa shape index (κ1) is 32.2. The Morgan fingerprint density at radius 1 is 0.825 bits per heavy atom. The minimum atomic E-state index is -1.45. The van der Waals surface area contributed by atoms with Gasteiger partial charge in [0.1, 0.15) is 48.8 Å². The summed E-state index contributed by atoms with van der Waals surface area (Å²) in [4.78, 5) is 12.6. The van der Waals surface area contributed by atoms with Crippen molar-refractivity contribution in [1.82, 2.24) is 0 Å². The van der Waals surface area contributed by atoms with Gasteiger partial charge in [-0.15, -0.1) is 0 Å². The molecule has 3 aliphatic heterocycles. The Labute approximate surface area is 235 Å². The number of ether oxygens (including phenoxy) is 6. The Morgan fingerprint density at radius 2 is 1.60 bits per heavy atom. The molecule has 0 radical (unpaired) electrons. The van der Waals surface area contributed by atoms with Crippen molar-refractivity contribution in [2.75, 3.05) is 13.2 Å². The molecule has 14 atom stereocenters. The lowest BCUT2D eigenvalue weighted by molar-refractivity contribution is -0.352. The monoisotopic (exact) mass is 576 g/mol. The lowest BCUT2D eigenvalue weighted by Gasteiger charge is -2.48. The molecule has 4 aliphatic rings. The van der Waals surface area contributed by atoms with Gasteiger partial charge >= 0.3 is 0 Å². The van der Waals surface area contributed by atoms with E-state index in [1.54, 1.807) is 13.8 Å². The molecule has 232 valence electrons. The van der Waals surface area contributed by atoms with Crippen molar-refractivity contribution in [3.8, 4) is 0 Å². The molecule has 1 saturated carbocycles. The van der Waals surface area contributed by atoms with E-state index in [1.807, 2.05) is 6.92 Å². The first-order chi connectivity index (χ1) is 19.2. The number of hydrogen-bond donors (Lipinski definition) is 5. The van der Waals surface area contributed by atoms with E-state index in [0.29, 0.717) is 32.3 Å². The summed E-state index contributed by atoms with van der Waals surface area (Å²) < 4.78 is 36.9. The molecular formula is C28H48O12. The molecule has 0 spiro atoms. The fourth-order valence-corrected chi connectivity index (χ4v) is 6.30. The lowest BCUT2D eigenvalue weighted by atomic mass is 9.82. The molecule has 0 aromatic heterocycles. The van der Waals surface area contributed by atoms with E-state index in [2.05, 4.69) is 0 Å². The first-order valence-electron chi connectivity index (χ1n) is 14.9. The zero-order chi connectivity index (χ0) is 29.0. The Hall–Kier alpha value is -0.770. The second-order valence-corrected chi connectivity index (χ2v) is 11.5. The Morgan fingerprint density at radius 3 is 2.30 bits per heavy atom. The van der Waals surface area contributed by atoms with Crippen molar-refractivity contribution in [3.63, 3.8) is 0 Å². The number of carbonyl (C=O) groups excluding carboxylic acids is 1. The summed E-state index contributed by atoms with van der Waals surface area (Å²) in [5, 5.41) is 52.1. The van der Waals surface area contributed by atoms with E-state index in [0.717, 1.165) is 25.7 Å². The number of aliphatic hydroxyl groups excluding tert-OH is 5. The van der Waals surface area contributed by atoms with Crippen LogP contribution in [0.2, 0.25) is 0 Å². The summed E-state index contributed by atoms with van der Waals surface area (Å²) in [6.45, 7) is 5.29. The van der Waals surface area contributed by atoms with Crippen molar-refractivity contribution in [3.05, 3.63) is 0 Å². The smallest absolute Gasteiger partial charge is 0.187 e. The van der Waals surface area contributed by atoms with Crippen LogP contribution in [-0.4, -0.2) is 124 Å². The van der Waals surface area contributed by atoms with Crippen molar-refractivity contribution in [2.45, 2.75) is 152 Å².